The van der Waals surface area contributed by atoms with E-state index in [1.54, 1.807) is 0 Å². The summed E-state index contributed by atoms with van der Waals surface area (Å²) in [6.07, 6.45) is 34.2. The van der Waals surface area contributed by atoms with E-state index >= 15 is 0 Å². The Morgan fingerprint density at radius 2 is 1.13 bits per heavy atom. The van der Waals surface area contributed by atoms with E-state index < -0.39 is 0 Å². The van der Waals surface area contributed by atoms with Crippen molar-refractivity contribution in [3.63, 3.8) is 0 Å². The van der Waals surface area contributed by atoms with Crippen LogP contribution >= 0.6 is 0 Å². The van der Waals surface area contributed by atoms with Crippen molar-refractivity contribution in [2.45, 2.75) is 161 Å². The fourth-order valence-corrected chi connectivity index (χ4v) is 4.47. The third-order valence-corrected chi connectivity index (χ3v) is 6.49. The number of hydrogen-bond donors (Lipinski definition) is 0. The quantitative estimate of drug-likeness (QED) is 0.111. The van der Waals surface area contributed by atoms with Crippen molar-refractivity contribution in [1.29, 1.82) is 0 Å². The van der Waals surface area contributed by atoms with E-state index in [1.165, 1.54) is 122 Å². The summed E-state index contributed by atoms with van der Waals surface area (Å²) in [5.41, 5.74) is 0. The Morgan fingerprint density at radius 3 is 1.67 bits per heavy atom. The molecule has 1 aliphatic rings. The average molecular weight is 421 g/mol. The Balaban J connectivity index is 1.73. The number of ether oxygens (including phenoxy) is 1. The van der Waals surface area contributed by atoms with Gasteiger partial charge >= 0.3 is 5.97 Å². The van der Waals surface area contributed by atoms with Gasteiger partial charge in [-0.05, 0) is 57.8 Å². The monoisotopic (exact) mass is 420 g/mol. The first-order valence-corrected chi connectivity index (χ1v) is 13.7. The number of esters is 1. The summed E-state index contributed by atoms with van der Waals surface area (Å²) in [4.78, 5) is 11.9. The summed E-state index contributed by atoms with van der Waals surface area (Å²) >= 11 is 0. The van der Waals surface area contributed by atoms with Gasteiger partial charge in [0.05, 0.1) is 0 Å². The van der Waals surface area contributed by atoms with Crippen molar-refractivity contribution in [2.24, 2.45) is 0 Å². The van der Waals surface area contributed by atoms with E-state index in [-0.39, 0.29) is 12.1 Å². The van der Waals surface area contributed by atoms with Gasteiger partial charge in [-0.2, -0.15) is 0 Å². The lowest BCUT2D eigenvalue weighted by molar-refractivity contribution is -0.150. The molecule has 30 heavy (non-hydrogen) atoms. The van der Waals surface area contributed by atoms with Gasteiger partial charge in [-0.3, -0.25) is 4.79 Å². The van der Waals surface area contributed by atoms with Crippen molar-refractivity contribution in [1.82, 2.24) is 0 Å². The molecule has 0 amide bonds. The highest BCUT2D eigenvalue weighted by Gasteiger charge is 2.17. The summed E-state index contributed by atoms with van der Waals surface area (Å²) in [6, 6.07) is 0. The van der Waals surface area contributed by atoms with Crippen LogP contribution in [0.5, 0.6) is 0 Å². The van der Waals surface area contributed by atoms with Crippen molar-refractivity contribution >= 4 is 5.97 Å². The minimum atomic E-state index is 0.0444. The fourth-order valence-electron chi connectivity index (χ4n) is 4.47. The second kappa shape index (κ2) is 21.4. The van der Waals surface area contributed by atoms with Crippen molar-refractivity contribution in [3.05, 3.63) is 12.2 Å². The van der Waals surface area contributed by atoms with E-state index in [1.807, 2.05) is 0 Å². The number of rotatable bonds is 20. The average Bonchev–Trinajstić information content (AvgIpc) is 2.76. The molecule has 1 aliphatic carbocycles. The third-order valence-electron chi connectivity index (χ3n) is 6.49. The second-order valence-electron chi connectivity index (χ2n) is 9.50. The van der Waals surface area contributed by atoms with Gasteiger partial charge in [0.1, 0.15) is 6.10 Å². The Labute approximate surface area is 188 Å². The first-order valence-electron chi connectivity index (χ1n) is 13.7. The number of unbranched alkanes of at least 4 members (excludes halogenated alkanes) is 15. The zero-order valence-electron chi connectivity index (χ0n) is 20.3. The van der Waals surface area contributed by atoms with Gasteiger partial charge in [-0.15, -0.1) is 0 Å². The molecule has 0 N–H and O–H groups in total. The van der Waals surface area contributed by atoms with Crippen LogP contribution in [0.25, 0.3) is 0 Å². The van der Waals surface area contributed by atoms with Gasteiger partial charge in [0.25, 0.3) is 0 Å². The summed E-state index contributed by atoms with van der Waals surface area (Å²) in [6.45, 7) is 2.28. The van der Waals surface area contributed by atoms with E-state index in [4.69, 9.17) is 4.74 Å². The molecule has 0 bridgehead atoms. The topological polar surface area (TPSA) is 26.3 Å². The lowest BCUT2D eigenvalue weighted by atomic mass is 9.98. The standard InChI is InChI=1S/C28H52O2/c1-2-3-4-5-6-7-8-9-10-11-12-13-14-15-16-17-18-19-23-26-28(29)30-27-24-21-20-22-25-27/h9-10,27H,2-8,11-26H2,1H3/b10-9-. The molecule has 0 aromatic heterocycles. The zero-order chi connectivity index (χ0) is 21.5. The maximum absolute atomic E-state index is 11.9. The van der Waals surface area contributed by atoms with Gasteiger partial charge in [0.2, 0.25) is 0 Å². The number of carbonyl (C=O) groups excluding carboxylic acids is 1. The van der Waals surface area contributed by atoms with Gasteiger partial charge in [0, 0.05) is 6.42 Å². The molecule has 2 nitrogen and oxygen atoms in total. The van der Waals surface area contributed by atoms with Crippen molar-refractivity contribution in [3.8, 4) is 0 Å². The lowest BCUT2D eigenvalue weighted by Gasteiger charge is -2.21. The molecule has 0 atom stereocenters. The van der Waals surface area contributed by atoms with Crippen LogP contribution in [0.2, 0.25) is 0 Å². The van der Waals surface area contributed by atoms with E-state index in [2.05, 4.69) is 19.1 Å². The molecule has 0 aromatic rings. The van der Waals surface area contributed by atoms with Crippen LogP contribution in [-0.2, 0) is 9.53 Å². The highest BCUT2D eigenvalue weighted by atomic mass is 16.5. The number of hydrogen-bond acceptors (Lipinski definition) is 2. The van der Waals surface area contributed by atoms with Gasteiger partial charge in [-0.1, -0.05) is 103 Å². The van der Waals surface area contributed by atoms with Crippen molar-refractivity contribution in [2.75, 3.05) is 0 Å². The SMILES string of the molecule is CCCCCCCC/C=C\CCCCCCCCCCCC(=O)OC1CCCCC1. The minimum absolute atomic E-state index is 0.0444. The largest absolute Gasteiger partial charge is 0.462 e. The summed E-state index contributed by atoms with van der Waals surface area (Å²) < 4.78 is 5.58. The van der Waals surface area contributed by atoms with Crippen LogP contribution in [0, 0.1) is 0 Å². The summed E-state index contributed by atoms with van der Waals surface area (Å²) in [5.74, 6) is 0.0444. The predicted molar refractivity (Wildman–Crippen MR) is 131 cm³/mol. The fraction of sp³-hybridized carbons (Fsp3) is 0.893. The Hall–Kier alpha value is -0.790. The van der Waals surface area contributed by atoms with Gasteiger partial charge < -0.3 is 4.74 Å². The normalized spacial score (nSPS) is 15.1. The molecule has 1 rings (SSSR count). The Morgan fingerprint density at radius 1 is 0.667 bits per heavy atom. The first-order chi connectivity index (χ1) is 14.8. The Kier molecular flexibility index (Phi) is 19.5. The van der Waals surface area contributed by atoms with E-state index in [0.717, 1.165) is 19.3 Å². The molecule has 176 valence electrons. The highest BCUT2D eigenvalue weighted by Crippen LogP contribution is 2.21. The molecule has 1 saturated carbocycles. The van der Waals surface area contributed by atoms with Crippen LogP contribution in [0.15, 0.2) is 12.2 Å². The maximum atomic E-state index is 11.9. The summed E-state index contributed by atoms with van der Waals surface area (Å²) in [7, 11) is 0. The smallest absolute Gasteiger partial charge is 0.306 e. The molecular weight excluding hydrogens is 368 g/mol. The number of carbonyl (C=O) groups is 1. The molecule has 1 fully saturated rings. The van der Waals surface area contributed by atoms with Gasteiger partial charge in [-0.25, -0.2) is 0 Å². The molecule has 0 unspecified atom stereocenters. The molecule has 0 aromatic carbocycles. The lowest BCUT2D eigenvalue weighted by Crippen LogP contribution is -2.20. The zero-order valence-corrected chi connectivity index (χ0v) is 20.3. The van der Waals surface area contributed by atoms with Crippen LogP contribution in [0.3, 0.4) is 0 Å². The minimum Gasteiger partial charge on any atom is -0.462 e. The molecule has 0 aliphatic heterocycles. The van der Waals surface area contributed by atoms with Gasteiger partial charge in [0.15, 0.2) is 0 Å². The number of allylic oxidation sites excluding steroid dienone is 2. The molecule has 0 spiro atoms. The van der Waals surface area contributed by atoms with Crippen molar-refractivity contribution < 1.29 is 9.53 Å². The molecule has 2 heteroatoms. The van der Waals surface area contributed by atoms with E-state index in [0.29, 0.717) is 6.42 Å². The molecular formula is C28H52O2. The van der Waals surface area contributed by atoms with Crippen LogP contribution in [0.1, 0.15) is 155 Å². The summed E-state index contributed by atoms with van der Waals surface area (Å²) in [5, 5.41) is 0. The van der Waals surface area contributed by atoms with Crippen LogP contribution in [0.4, 0.5) is 0 Å². The maximum Gasteiger partial charge on any atom is 0.306 e. The Bertz CT molecular complexity index is 395. The first kappa shape index (κ1) is 27.2. The predicted octanol–water partition coefficient (Wildman–Crippen LogP) is 9.46. The van der Waals surface area contributed by atoms with Crippen LogP contribution < -0.4 is 0 Å². The molecule has 0 radical (unpaired) electrons. The van der Waals surface area contributed by atoms with Crippen LogP contribution in [-0.4, -0.2) is 12.1 Å². The third kappa shape index (κ3) is 18.0. The highest BCUT2D eigenvalue weighted by molar-refractivity contribution is 5.69. The second-order valence-corrected chi connectivity index (χ2v) is 9.50. The molecule has 0 saturated heterocycles. The van der Waals surface area contributed by atoms with E-state index in [9.17, 15) is 4.79 Å². The molecule has 0 heterocycles.